The summed E-state index contributed by atoms with van der Waals surface area (Å²) in [6, 6.07) is 7.74. The minimum atomic E-state index is 0.664. The first-order chi connectivity index (χ1) is 8.63. The molecule has 1 saturated heterocycles. The van der Waals surface area contributed by atoms with Crippen LogP contribution < -0.4 is 5.32 Å². The van der Waals surface area contributed by atoms with Gasteiger partial charge in [0.05, 0.1) is 0 Å². The van der Waals surface area contributed by atoms with E-state index in [9.17, 15) is 0 Å². The number of fused-ring (bicyclic) bond motifs is 1. The Kier molecular flexibility index (Phi) is 3.16. The van der Waals surface area contributed by atoms with Crippen LogP contribution in [0.5, 0.6) is 0 Å². The van der Waals surface area contributed by atoms with E-state index < -0.39 is 0 Å². The van der Waals surface area contributed by atoms with E-state index in [0.29, 0.717) is 6.04 Å². The molecule has 2 heterocycles. The zero-order valence-electron chi connectivity index (χ0n) is 11.4. The monoisotopic (exact) mass is 259 g/mol. The first kappa shape index (κ1) is 12.2. The summed E-state index contributed by atoms with van der Waals surface area (Å²) in [6.45, 7) is 7.89. The summed E-state index contributed by atoms with van der Waals surface area (Å²) in [4.78, 5) is 1.59. The van der Waals surface area contributed by atoms with Gasteiger partial charge in [0.2, 0.25) is 0 Å². The van der Waals surface area contributed by atoms with Crippen LogP contribution in [0.15, 0.2) is 18.2 Å². The van der Waals surface area contributed by atoms with E-state index in [0.717, 1.165) is 12.5 Å². The molecule has 96 valence electrons. The number of thiophene rings is 1. The van der Waals surface area contributed by atoms with E-state index in [-0.39, 0.29) is 0 Å². The fourth-order valence-electron chi connectivity index (χ4n) is 3.10. The highest BCUT2D eigenvalue weighted by Gasteiger charge is 2.21. The smallest absolute Gasteiger partial charge is 0.0351 e. The Labute approximate surface area is 113 Å². The molecule has 1 aromatic heterocycles. The summed E-state index contributed by atoms with van der Waals surface area (Å²) >= 11 is 2.01. The predicted octanol–water partition coefficient (Wildman–Crippen LogP) is 4.37. The molecule has 1 fully saturated rings. The summed E-state index contributed by atoms with van der Waals surface area (Å²) in [7, 11) is 0. The maximum Gasteiger partial charge on any atom is 0.0351 e. The van der Waals surface area contributed by atoms with Crippen molar-refractivity contribution in [2.75, 3.05) is 6.54 Å². The number of hydrogen-bond acceptors (Lipinski definition) is 2. The number of hydrogen-bond donors (Lipinski definition) is 1. The SMILES string of the molecule is Cc1cc(C)c2cc([C@@H]3CCN[C@H](C)C3)sc2c1. The Bertz CT molecular complexity index is 570. The van der Waals surface area contributed by atoms with E-state index in [1.807, 2.05) is 11.3 Å². The van der Waals surface area contributed by atoms with Crippen LogP contribution in [0.4, 0.5) is 0 Å². The molecule has 1 aliphatic rings. The van der Waals surface area contributed by atoms with Gasteiger partial charge in [-0.2, -0.15) is 0 Å². The Morgan fingerprint density at radius 2 is 2.06 bits per heavy atom. The van der Waals surface area contributed by atoms with E-state index in [1.165, 1.54) is 34.1 Å². The summed E-state index contributed by atoms with van der Waals surface area (Å²) in [5.41, 5.74) is 2.81. The van der Waals surface area contributed by atoms with E-state index in [1.54, 1.807) is 4.88 Å². The molecule has 0 aliphatic carbocycles. The van der Waals surface area contributed by atoms with E-state index in [2.05, 4.69) is 44.3 Å². The van der Waals surface area contributed by atoms with Crippen LogP contribution in [0.2, 0.25) is 0 Å². The van der Waals surface area contributed by atoms with Gasteiger partial charge in [-0.1, -0.05) is 6.07 Å². The third-order valence-corrected chi connectivity index (χ3v) is 5.28. The van der Waals surface area contributed by atoms with Crippen LogP contribution in [0, 0.1) is 13.8 Å². The molecule has 0 spiro atoms. The fraction of sp³-hybridized carbons (Fsp3) is 0.500. The lowest BCUT2D eigenvalue weighted by Gasteiger charge is -2.27. The largest absolute Gasteiger partial charge is 0.314 e. The lowest BCUT2D eigenvalue weighted by molar-refractivity contribution is 0.384. The van der Waals surface area contributed by atoms with E-state index in [4.69, 9.17) is 0 Å². The summed E-state index contributed by atoms with van der Waals surface area (Å²) < 4.78 is 1.47. The van der Waals surface area contributed by atoms with Crippen LogP contribution in [-0.4, -0.2) is 12.6 Å². The topological polar surface area (TPSA) is 12.0 Å². The minimum absolute atomic E-state index is 0.664. The van der Waals surface area contributed by atoms with Crippen molar-refractivity contribution in [3.8, 4) is 0 Å². The number of nitrogens with one attached hydrogen (secondary N) is 1. The molecule has 1 aliphatic heterocycles. The summed E-state index contributed by atoms with van der Waals surface area (Å²) in [6.07, 6.45) is 2.57. The Hall–Kier alpha value is -0.860. The van der Waals surface area contributed by atoms with Gasteiger partial charge in [0.1, 0.15) is 0 Å². The summed E-state index contributed by atoms with van der Waals surface area (Å²) in [5.74, 6) is 0.762. The molecule has 0 bridgehead atoms. The third-order valence-electron chi connectivity index (χ3n) is 4.03. The lowest BCUT2D eigenvalue weighted by Crippen LogP contribution is -2.34. The zero-order valence-corrected chi connectivity index (χ0v) is 12.2. The zero-order chi connectivity index (χ0) is 12.7. The first-order valence-corrected chi connectivity index (χ1v) is 7.69. The molecule has 0 radical (unpaired) electrons. The highest BCUT2D eigenvalue weighted by molar-refractivity contribution is 7.19. The van der Waals surface area contributed by atoms with Gasteiger partial charge < -0.3 is 5.32 Å². The second kappa shape index (κ2) is 4.67. The van der Waals surface area contributed by atoms with Gasteiger partial charge in [0, 0.05) is 15.6 Å². The summed E-state index contributed by atoms with van der Waals surface area (Å²) in [5, 5.41) is 5.01. The highest BCUT2D eigenvalue weighted by atomic mass is 32.1. The average molecular weight is 259 g/mol. The van der Waals surface area contributed by atoms with Crippen molar-refractivity contribution in [2.24, 2.45) is 0 Å². The Morgan fingerprint density at radius 3 is 2.83 bits per heavy atom. The van der Waals surface area contributed by atoms with Crippen molar-refractivity contribution < 1.29 is 0 Å². The van der Waals surface area contributed by atoms with Crippen LogP contribution in [-0.2, 0) is 0 Å². The second-order valence-corrected chi connectivity index (χ2v) is 6.83. The Balaban J connectivity index is 2.00. The molecular formula is C16H21NS. The van der Waals surface area contributed by atoms with Crippen molar-refractivity contribution >= 4 is 21.4 Å². The fourth-order valence-corrected chi connectivity index (χ4v) is 4.49. The van der Waals surface area contributed by atoms with Gasteiger partial charge in [-0.25, -0.2) is 0 Å². The lowest BCUT2D eigenvalue weighted by atomic mass is 9.91. The second-order valence-electron chi connectivity index (χ2n) is 5.72. The molecule has 0 saturated carbocycles. The Morgan fingerprint density at radius 1 is 1.22 bits per heavy atom. The van der Waals surface area contributed by atoms with Gasteiger partial charge in [-0.05, 0) is 74.7 Å². The molecule has 2 aromatic rings. The van der Waals surface area contributed by atoms with Crippen molar-refractivity contribution in [1.29, 1.82) is 0 Å². The van der Waals surface area contributed by atoms with Crippen molar-refractivity contribution in [1.82, 2.24) is 5.32 Å². The quantitative estimate of drug-likeness (QED) is 0.801. The van der Waals surface area contributed by atoms with Crippen LogP contribution in [0.3, 0.4) is 0 Å². The van der Waals surface area contributed by atoms with E-state index >= 15 is 0 Å². The molecule has 18 heavy (non-hydrogen) atoms. The number of aryl methyl sites for hydroxylation is 2. The molecular weight excluding hydrogens is 238 g/mol. The van der Waals surface area contributed by atoms with Crippen molar-refractivity contribution in [2.45, 2.75) is 45.6 Å². The van der Waals surface area contributed by atoms with Gasteiger partial charge in [-0.3, -0.25) is 0 Å². The molecule has 0 amide bonds. The molecule has 1 aromatic carbocycles. The molecule has 3 rings (SSSR count). The van der Waals surface area contributed by atoms with Gasteiger partial charge in [0.25, 0.3) is 0 Å². The predicted molar refractivity (Wildman–Crippen MR) is 80.7 cm³/mol. The van der Waals surface area contributed by atoms with Crippen molar-refractivity contribution in [3.05, 3.63) is 34.2 Å². The normalized spacial score (nSPS) is 24.6. The van der Waals surface area contributed by atoms with Crippen LogP contribution in [0.25, 0.3) is 10.1 Å². The molecule has 2 atom stereocenters. The molecule has 1 N–H and O–H groups in total. The highest BCUT2D eigenvalue weighted by Crippen LogP contribution is 2.37. The maximum atomic E-state index is 3.54. The minimum Gasteiger partial charge on any atom is -0.314 e. The van der Waals surface area contributed by atoms with Crippen molar-refractivity contribution in [3.63, 3.8) is 0 Å². The third kappa shape index (κ3) is 2.19. The first-order valence-electron chi connectivity index (χ1n) is 6.87. The van der Waals surface area contributed by atoms with Crippen LogP contribution >= 0.6 is 11.3 Å². The van der Waals surface area contributed by atoms with Gasteiger partial charge >= 0.3 is 0 Å². The van der Waals surface area contributed by atoms with Gasteiger partial charge in [0.15, 0.2) is 0 Å². The standard InChI is InChI=1S/C16H21NS/c1-10-6-11(2)14-9-15(18-16(14)7-10)13-4-5-17-12(3)8-13/h6-7,9,12-13,17H,4-5,8H2,1-3H3/t12-,13-/m1/s1. The average Bonchev–Trinajstić information content (AvgIpc) is 2.73. The number of benzene rings is 1. The number of piperidine rings is 1. The molecule has 1 nitrogen and oxygen atoms in total. The van der Waals surface area contributed by atoms with Crippen LogP contribution in [0.1, 0.15) is 41.7 Å². The maximum absolute atomic E-state index is 3.54. The molecule has 0 unspecified atom stereocenters. The van der Waals surface area contributed by atoms with Gasteiger partial charge in [-0.15, -0.1) is 11.3 Å². The number of rotatable bonds is 1. The molecule has 2 heteroatoms.